The van der Waals surface area contributed by atoms with Gasteiger partial charge in [-0.3, -0.25) is 0 Å². The first-order valence-corrected chi connectivity index (χ1v) is 3.36. The fourth-order valence-corrected chi connectivity index (χ4v) is 0.919. The summed E-state index contributed by atoms with van der Waals surface area (Å²) in [6.07, 6.45) is 0. The minimum absolute atomic E-state index is 0.226. The van der Waals surface area contributed by atoms with E-state index in [-0.39, 0.29) is 5.75 Å². The van der Waals surface area contributed by atoms with Crippen LogP contribution < -0.4 is 0 Å². The monoisotopic (exact) mass is 153 g/mol. The molecule has 1 aromatic carbocycles. The van der Waals surface area contributed by atoms with Crippen LogP contribution in [0.2, 0.25) is 0 Å². The van der Waals surface area contributed by atoms with E-state index in [0.717, 1.165) is 10.6 Å². The quantitative estimate of drug-likeness (QED) is 0.628. The van der Waals surface area contributed by atoms with E-state index < -0.39 is 0 Å². The van der Waals surface area contributed by atoms with E-state index in [1.165, 1.54) is 0 Å². The van der Waals surface area contributed by atoms with Crippen molar-refractivity contribution in [2.45, 2.75) is 6.54 Å². The predicted octanol–water partition coefficient (Wildman–Crippen LogP) is 1.21. The van der Waals surface area contributed by atoms with Crippen LogP contribution >= 0.6 is 0 Å². The van der Waals surface area contributed by atoms with Crippen LogP contribution in [-0.2, 0) is 6.54 Å². The van der Waals surface area contributed by atoms with Crippen molar-refractivity contribution in [2.75, 3.05) is 7.05 Å². The maximum atomic E-state index is 9.03. The Morgan fingerprint density at radius 1 is 1.45 bits per heavy atom. The second-order valence-corrected chi connectivity index (χ2v) is 2.49. The Kier molecular flexibility index (Phi) is 2.46. The summed E-state index contributed by atoms with van der Waals surface area (Å²) in [5.41, 5.74) is 0.884. The van der Waals surface area contributed by atoms with Crippen molar-refractivity contribution >= 4 is 0 Å². The number of hydrogen-bond donors (Lipinski definition) is 2. The molecule has 0 saturated heterocycles. The molecule has 1 rings (SSSR count). The van der Waals surface area contributed by atoms with E-state index in [1.54, 1.807) is 25.2 Å². The van der Waals surface area contributed by atoms with E-state index in [2.05, 4.69) is 0 Å². The van der Waals surface area contributed by atoms with Crippen molar-refractivity contribution in [1.82, 2.24) is 5.06 Å². The zero-order valence-electron chi connectivity index (χ0n) is 6.36. The summed E-state index contributed by atoms with van der Waals surface area (Å²) >= 11 is 0. The fraction of sp³-hybridized carbons (Fsp3) is 0.250. The molecule has 60 valence electrons. The van der Waals surface area contributed by atoms with Crippen LogP contribution in [0.5, 0.6) is 5.75 Å². The highest BCUT2D eigenvalue weighted by molar-refractivity contribution is 5.26. The van der Waals surface area contributed by atoms with Crippen LogP contribution in [0.25, 0.3) is 0 Å². The predicted molar refractivity (Wildman–Crippen MR) is 41.4 cm³/mol. The van der Waals surface area contributed by atoms with Gasteiger partial charge in [0, 0.05) is 13.6 Å². The number of benzene rings is 1. The van der Waals surface area contributed by atoms with Crippen LogP contribution in [-0.4, -0.2) is 22.4 Å². The number of aromatic hydroxyl groups is 1. The number of phenols is 1. The average molecular weight is 153 g/mol. The summed E-state index contributed by atoms with van der Waals surface area (Å²) in [6, 6.07) is 6.80. The Morgan fingerprint density at radius 2 is 2.18 bits per heavy atom. The largest absolute Gasteiger partial charge is 0.508 e. The molecule has 0 heterocycles. The standard InChI is InChI=1S/C8H11NO2/c1-9(11)6-7-3-2-4-8(10)5-7/h2-5,10-11H,6H2,1H3. The maximum Gasteiger partial charge on any atom is 0.115 e. The molecular weight excluding hydrogens is 142 g/mol. The topological polar surface area (TPSA) is 43.7 Å². The highest BCUT2D eigenvalue weighted by atomic mass is 16.5. The third-order valence-corrected chi connectivity index (χ3v) is 1.32. The van der Waals surface area contributed by atoms with Gasteiger partial charge < -0.3 is 10.3 Å². The fourth-order valence-electron chi connectivity index (χ4n) is 0.919. The molecule has 0 amide bonds. The lowest BCUT2D eigenvalue weighted by Gasteiger charge is -2.07. The van der Waals surface area contributed by atoms with E-state index in [1.807, 2.05) is 6.07 Å². The molecule has 0 radical (unpaired) electrons. The zero-order chi connectivity index (χ0) is 8.27. The Hall–Kier alpha value is -1.06. The van der Waals surface area contributed by atoms with Gasteiger partial charge in [-0.05, 0) is 17.7 Å². The van der Waals surface area contributed by atoms with Gasteiger partial charge in [0.2, 0.25) is 0 Å². The van der Waals surface area contributed by atoms with Gasteiger partial charge in [0.25, 0.3) is 0 Å². The summed E-state index contributed by atoms with van der Waals surface area (Å²) in [7, 11) is 1.56. The minimum atomic E-state index is 0.226. The van der Waals surface area contributed by atoms with Gasteiger partial charge in [0.05, 0.1) is 0 Å². The van der Waals surface area contributed by atoms with Crippen molar-refractivity contribution in [1.29, 1.82) is 0 Å². The maximum absolute atomic E-state index is 9.03. The lowest BCUT2D eigenvalue weighted by Crippen LogP contribution is -2.11. The second kappa shape index (κ2) is 3.37. The van der Waals surface area contributed by atoms with Crippen molar-refractivity contribution in [3.8, 4) is 5.75 Å². The molecule has 0 aromatic heterocycles. The first-order valence-electron chi connectivity index (χ1n) is 3.36. The lowest BCUT2D eigenvalue weighted by atomic mass is 10.2. The number of rotatable bonds is 2. The second-order valence-electron chi connectivity index (χ2n) is 2.49. The number of nitrogens with zero attached hydrogens (tertiary/aromatic N) is 1. The smallest absolute Gasteiger partial charge is 0.115 e. The van der Waals surface area contributed by atoms with Crippen LogP contribution in [0.15, 0.2) is 24.3 Å². The molecule has 3 nitrogen and oxygen atoms in total. The molecule has 0 spiro atoms. The van der Waals surface area contributed by atoms with Crippen LogP contribution in [0.3, 0.4) is 0 Å². The van der Waals surface area contributed by atoms with Gasteiger partial charge in [0.15, 0.2) is 0 Å². The number of phenolic OH excluding ortho intramolecular Hbond substituents is 1. The summed E-state index contributed by atoms with van der Waals surface area (Å²) in [6.45, 7) is 0.425. The molecule has 3 heteroatoms. The molecule has 0 atom stereocenters. The molecule has 0 aliphatic carbocycles. The first-order chi connectivity index (χ1) is 5.18. The first kappa shape index (κ1) is 8.04. The van der Waals surface area contributed by atoms with Crippen LogP contribution in [0.1, 0.15) is 5.56 Å². The van der Waals surface area contributed by atoms with E-state index in [9.17, 15) is 0 Å². The molecule has 11 heavy (non-hydrogen) atoms. The SMILES string of the molecule is CN(O)Cc1cccc(O)c1. The van der Waals surface area contributed by atoms with Crippen molar-refractivity contribution in [2.24, 2.45) is 0 Å². The lowest BCUT2D eigenvalue weighted by molar-refractivity contribution is -0.0731. The van der Waals surface area contributed by atoms with Gasteiger partial charge in [-0.1, -0.05) is 12.1 Å². The molecule has 2 N–H and O–H groups in total. The van der Waals surface area contributed by atoms with Gasteiger partial charge in [-0.25, -0.2) is 0 Å². The van der Waals surface area contributed by atoms with Crippen molar-refractivity contribution in [3.05, 3.63) is 29.8 Å². The van der Waals surface area contributed by atoms with E-state index in [4.69, 9.17) is 10.3 Å². The van der Waals surface area contributed by atoms with Gasteiger partial charge in [0.1, 0.15) is 5.75 Å². The summed E-state index contributed by atoms with van der Waals surface area (Å²) in [4.78, 5) is 0. The van der Waals surface area contributed by atoms with Gasteiger partial charge in [-0.15, -0.1) is 0 Å². The van der Waals surface area contributed by atoms with Gasteiger partial charge in [-0.2, -0.15) is 5.06 Å². The summed E-state index contributed by atoms with van der Waals surface area (Å²) in [5.74, 6) is 0.226. The Bertz CT molecular complexity index is 235. The Labute approximate surface area is 65.5 Å². The average Bonchev–Trinajstić information content (AvgIpc) is 1.85. The third kappa shape index (κ3) is 2.57. The Morgan fingerprint density at radius 3 is 2.73 bits per heavy atom. The third-order valence-electron chi connectivity index (χ3n) is 1.32. The highest BCUT2D eigenvalue weighted by Gasteiger charge is 1.95. The molecule has 0 aliphatic rings. The number of hydrogen-bond acceptors (Lipinski definition) is 3. The molecule has 1 aromatic rings. The van der Waals surface area contributed by atoms with E-state index in [0.29, 0.717) is 6.54 Å². The van der Waals surface area contributed by atoms with Crippen LogP contribution in [0.4, 0.5) is 0 Å². The van der Waals surface area contributed by atoms with Crippen molar-refractivity contribution in [3.63, 3.8) is 0 Å². The molecule has 0 fully saturated rings. The zero-order valence-corrected chi connectivity index (χ0v) is 6.36. The van der Waals surface area contributed by atoms with Gasteiger partial charge >= 0.3 is 0 Å². The molecule has 0 unspecified atom stereocenters. The highest BCUT2D eigenvalue weighted by Crippen LogP contribution is 2.11. The minimum Gasteiger partial charge on any atom is -0.508 e. The summed E-state index contributed by atoms with van der Waals surface area (Å²) in [5, 5.41) is 18.9. The molecule has 0 saturated carbocycles. The summed E-state index contributed by atoms with van der Waals surface area (Å²) < 4.78 is 0. The van der Waals surface area contributed by atoms with Crippen molar-refractivity contribution < 1.29 is 10.3 Å². The normalized spacial score (nSPS) is 10.5. The molecule has 0 bridgehead atoms. The number of hydroxylamine groups is 2. The Balaban J connectivity index is 2.71. The van der Waals surface area contributed by atoms with Crippen LogP contribution in [0, 0.1) is 0 Å². The molecular formula is C8H11NO2. The van der Waals surface area contributed by atoms with E-state index >= 15 is 0 Å². The molecule has 0 aliphatic heterocycles.